The molecule has 1 fully saturated rings. The maximum absolute atomic E-state index is 12.7. The van der Waals surface area contributed by atoms with Gasteiger partial charge in [-0.15, -0.1) is 0 Å². The van der Waals surface area contributed by atoms with E-state index in [1.807, 2.05) is 25.1 Å². The number of nitrogens with one attached hydrogen (secondary N) is 1. The molecule has 1 N–H and O–H groups in total. The van der Waals surface area contributed by atoms with E-state index >= 15 is 0 Å². The summed E-state index contributed by atoms with van der Waals surface area (Å²) in [5.41, 5.74) is 1.84. The van der Waals surface area contributed by atoms with E-state index in [1.165, 1.54) is 4.31 Å². The molecule has 0 bridgehead atoms. The van der Waals surface area contributed by atoms with Crippen LogP contribution in [-0.2, 0) is 22.4 Å². The average Bonchev–Trinajstić information content (AvgIpc) is 3.15. The standard InChI is InChI=1S/C24H21N3O4S/c1-16(14-25)7-8-17-9-10-19-13-22(31-24(29)18-5-3-2-4-6-18)21(12-20(19)11-17)27-15-23(28)26-32(27)30/h2-6,9-13,16H,7-8,15H2,1H3,(H,26,28). The highest BCUT2D eigenvalue weighted by atomic mass is 32.2. The predicted molar refractivity (Wildman–Crippen MR) is 122 cm³/mol. The molecule has 2 atom stereocenters. The van der Waals surface area contributed by atoms with Crippen LogP contribution in [0.4, 0.5) is 5.69 Å². The van der Waals surface area contributed by atoms with E-state index in [4.69, 9.17) is 10.00 Å². The number of rotatable bonds is 6. The lowest BCUT2D eigenvalue weighted by molar-refractivity contribution is -0.117. The zero-order valence-corrected chi connectivity index (χ0v) is 18.2. The minimum Gasteiger partial charge on any atom is -0.421 e. The number of carbonyl (C=O) groups excluding carboxylic acids is 2. The second-order valence-corrected chi connectivity index (χ2v) is 8.78. The summed E-state index contributed by atoms with van der Waals surface area (Å²) in [6.45, 7) is 1.78. The molecule has 0 aromatic heterocycles. The van der Waals surface area contributed by atoms with Crippen LogP contribution in [0.1, 0.15) is 29.3 Å². The first kappa shape index (κ1) is 21.5. The molecule has 4 rings (SSSR count). The fourth-order valence-corrected chi connectivity index (χ4v) is 4.40. The number of aryl methyl sites for hydroxylation is 1. The van der Waals surface area contributed by atoms with Gasteiger partial charge in [-0.3, -0.25) is 13.8 Å². The first-order chi connectivity index (χ1) is 15.4. The van der Waals surface area contributed by atoms with Crippen LogP contribution < -0.4 is 13.8 Å². The third kappa shape index (κ3) is 4.63. The molecule has 3 aromatic carbocycles. The molecule has 0 saturated carbocycles. The number of ether oxygens (including phenoxy) is 1. The van der Waals surface area contributed by atoms with Crippen molar-refractivity contribution < 1.29 is 18.5 Å². The Morgan fingerprint density at radius 3 is 2.66 bits per heavy atom. The van der Waals surface area contributed by atoms with E-state index < -0.39 is 17.1 Å². The van der Waals surface area contributed by atoms with Gasteiger partial charge in [0, 0.05) is 5.92 Å². The highest BCUT2D eigenvalue weighted by molar-refractivity contribution is 7.85. The van der Waals surface area contributed by atoms with Gasteiger partial charge < -0.3 is 4.74 Å². The summed E-state index contributed by atoms with van der Waals surface area (Å²) in [7, 11) is 0. The Morgan fingerprint density at radius 2 is 1.97 bits per heavy atom. The van der Waals surface area contributed by atoms with Crippen molar-refractivity contribution >= 4 is 39.5 Å². The van der Waals surface area contributed by atoms with E-state index in [1.54, 1.807) is 42.5 Å². The quantitative estimate of drug-likeness (QED) is 0.459. The SMILES string of the molecule is CC(C#N)CCc1ccc2cc(OC(=O)c3ccccc3)c(N3CC(=O)NS3=O)cc2c1. The number of anilines is 1. The van der Waals surface area contributed by atoms with Crippen LogP contribution in [0.25, 0.3) is 10.8 Å². The Bertz CT molecular complexity index is 1250. The smallest absolute Gasteiger partial charge is 0.343 e. The number of hydrogen-bond donors (Lipinski definition) is 1. The molecule has 0 radical (unpaired) electrons. The van der Waals surface area contributed by atoms with E-state index in [-0.39, 0.29) is 24.1 Å². The third-order valence-electron chi connectivity index (χ3n) is 5.24. The molecule has 162 valence electrons. The average molecular weight is 448 g/mol. The van der Waals surface area contributed by atoms with E-state index in [0.29, 0.717) is 11.3 Å². The van der Waals surface area contributed by atoms with Crippen LogP contribution in [0, 0.1) is 17.2 Å². The van der Waals surface area contributed by atoms with Gasteiger partial charge in [-0.2, -0.15) is 5.26 Å². The summed E-state index contributed by atoms with van der Waals surface area (Å²) in [6.07, 6.45) is 1.50. The number of esters is 1. The van der Waals surface area contributed by atoms with Crippen LogP contribution in [0.15, 0.2) is 60.7 Å². The summed E-state index contributed by atoms with van der Waals surface area (Å²) >= 11 is -1.76. The topological polar surface area (TPSA) is 99.5 Å². The fourth-order valence-electron chi connectivity index (χ4n) is 3.48. The van der Waals surface area contributed by atoms with Crippen molar-refractivity contribution in [2.75, 3.05) is 10.8 Å². The van der Waals surface area contributed by atoms with E-state index in [0.717, 1.165) is 29.2 Å². The van der Waals surface area contributed by atoms with Crippen molar-refractivity contribution in [3.05, 3.63) is 71.8 Å². The summed E-state index contributed by atoms with van der Waals surface area (Å²) < 4.78 is 21.8. The summed E-state index contributed by atoms with van der Waals surface area (Å²) in [4.78, 5) is 24.5. The number of benzene rings is 3. The number of nitrogens with zero attached hydrogens (tertiary/aromatic N) is 2. The molecule has 1 aliphatic rings. The van der Waals surface area contributed by atoms with Gasteiger partial charge >= 0.3 is 5.97 Å². The Hall–Kier alpha value is -3.70. The van der Waals surface area contributed by atoms with Gasteiger partial charge in [-0.25, -0.2) is 9.00 Å². The molecule has 8 heteroatoms. The van der Waals surface area contributed by atoms with E-state index in [2.05, 4.69) is 10.8 Å². The molecule has 7 nitrogen and oxygen atoms in total. The first-order valence-corrected chi connectivity index (χ1v) is 11.3. The third-order valence-corrected chi connectivity index (χ3v) is 6.37. The second kappa shape index (κ2) is 9.20. The lowest BCUT2D eigenvalue weighted by Crippen LogP contribution is -2.23. The predicted octanol–water partition coefficient (Wildman–Crippen LogP) is 3.67. The number of fused-ring (bicyclic) bond motifs is 1. The van der Waals surface area contributed by atoms with E-state index in [9.17, 15) is 13.8 Å². The van der Waals surface area contributed by atoms with Crippen LogP contribution in [0.3, 0.4) is 0 Å². The molecular formula is C24H21N3O4S. The highest BCUT2D eigenvalue weighted by Gasteiger charge is 2.30. The zero-order chi connectivity index (χ0) is 22.7. The number of nitriles is 1. The second-order valence-electron chi connectivity index (χ2n) is 7.64. The maximum Gasteiger partial charge on any atom is 0.343 e. The fraction of sp³-hybridized carbons (Fsp3) is 0.208. The number of carbonyl (C=O) groups is 2. The lowest BCUT2D eigenvalue weighted by Gasteiger charge is -2.19. The molecule has 1 heterocycles. The molecule has 0 aliphatic carbocycles. The molecule has 1 amide bonds. The minimum absolute atomic E-state index is 0.0369. The molecular weight excluding hydrogens is 426 g/mol. The molecule has 2 unspecified atom stereocenters. The minimum atomic E-state index is -1.76. The van der Waals surface area contributed by atoms with Gasteiger partial charge in [-0.05, 0) is 60.4 Å². The van der Waals surface area contributed by atoms with Gasteiger partial charge in [-0.1, -0.05) is 36.4 Å². The molecule has 1 aliphatic heterocycles. The Balaban J connectivity index is 1.73. The lowest BCUT2D eigenvalue weighted by atomic mass is 9.99. The normalized spacial score (nSPS) is 16.4. The van der Waals surface area contributed by atoms with Gasteiger partial charge in [0.15, 0.2) is 5.75 Å². The van der Waals surface area contributed by atoms with Crippen LogP contribution in [0.2, 0.25) is 0 Å². The molecule has 32 heavy (non-hydrogen) atoms. The van der Waals surface area contributed by atoms with Crippen LogP contribution >= 0.6 is 0 Å². The maximum atomic E-state index is 12.7. The van der Waals surface area contributed by atoms with Crippen molar-refractivity contribution in [1.82, 2.24) is 4.72 Å². The molecule has 1 saturated heterocycles. The van der Waals surface area contributed by atoms with Gasteiger partial charge in [0.05, 0.1) is 17.3 Å². The Morgan fingerprint density at radius 1 is 1.19 bits per heavy atom. The largest absolute Gasteiger partial charge is 0.421 e. The zero-order valence-electron chi connectivity index (χ0n) is 17.4. The van der Waals surface area contributed by atoms with Crippen LogP contribution in [-0.4, -0.2) is 22.6 Å². The van der Waals surface area contributed by atoms with Crippen molar-refractivity contribution in [3.8, 4) is 11.8 Å². The summed E-state index contributed by atoms with van der Waals surface area (Å²) in [5, 5.41) is 10.7. The van der Waals surface area contributed by atoms with Crippen molar-refractivity contribution in [2.24, 2.45) is 5.92 Å². The van der Waals surface area contributed by atoms with Crippen molar-refractivity contribution in [2.45, 2.75) is 19.8 Å². The number of amides is 1. The summed E-state index contributed by atoms with van der Waals surface area (Å²) in [6, 6.07) is 20.2. The molecule has 0 spiro atoms. The summed E-state index contributed by atoms with van der Waals surface area (Å²) in [5.74, 6) is -0.729. The monoisotopic (exact) mass is 447 g/mol. The highest BCUT2D eigenvalue weighted by Crippen LogP contribution is 2.36. The van der Waals surface area contributed by atoms with Gasteiger partial charge in [0.25, 0.3) is 5.91 Å². The molecule has 3 aromatic rings. The Kier molecular flexibility index (Phi) is 6.19. The van der Waals surface area contributed by atoms with Gasteiger partial charge in [0.1, 0.15) is 6.54 Å². The first-order valence-electron chi connectivity index (χ1n) is 10.2. The van der Waals surface area contributed by atoms with Crippen molar-refractivity contribution in [1.29, 1.82) is 5.26 Å². The number of hydrogen-bond acceptors (Lipinski definition) is 5. The van der Waals surface area contributed by atoms with Crippen molar-refractivity contribution in [3.63, 3.8) is 0 Å². The van der Waals surface area contributed by atoms with Crippen LogP contribution in [0.5, 0.6) is 5.75 Å². The van der Waals surface area contributed by atoms with Gasteiger partial charge in [0.2, 0.25) is 11.2 Å². The Labute approximate surface area is 188 Å².